The molecule has 2 amide bonds. The Bertz CT molecular complexity index is 302. The minimum Gasteiger partial charge on any atom is -0.378 e. The number of nitrogens with one attached hydrogen (secondary N) is 2. The topological polar surface area (TPSA) is 70.7 Å². The van der Waals surface area contributed by atoms with Crippen molar-refractivity contribution in [3.63, 3.8) is 0 Å². The van der Waals surface area contributed by atoms with Crippen LogP contribution in [0.5, 0.6) is 0 Å². The molecular weight excluding hydrogens is 246 g/mol. The van der Waals surface area contributed by atoms with Gasteiger partial charge in [-0.25, -0.2) is 0 Å². The average molecular weight is 271 g/mol. The van der Waals surface area contributed by atoms with E-state index < -0.39 is 6.04 Å². The number of hydrogen-bond donors (Lipinski definition) is 2. The van der Waals surface area contributed by atoms with Crippen LogP contribution in [0.25, 0.3) is 0 Å². The molecule has 1 aliphatic rings. The summed E-state index contributed by atoms with van der Waals surface area (Å²) in [5, 5.41) is 5.94. The van der Waals surface area contributed by atoms with Crippen molar-refractivity contribution in [3.05, 3.63) is 0 Å². The standard InChI is InChI=1S/C13H25N3O3/c1-10(13(18)16(2)3)15-12(17)6-9-19-11-4-7-14-8-5-11/h10-11,14H,4-9H2,1-3H3,(H,15,17). The summed E-state index contributed by atoms with van der Waals surface area (Å²) in [7, 11) is 3.34. The number of carbonyl (C=O) groups is 2. The van der Waals surface area contributed by atoms with Gasteiger partial charge in [0.1, 0.15) is 6.04 Å². The third-order valence-electron chi connectivity index (χ3n) is 3.16. The number of rotatable bonds is 6. The molecule has 1 rings (SSSR count). The lowest BCUT2D eigenvalue weighted by Gasteiger charge is -2.23. The lowest BCUT2D eigenvalue weighted by Crippen LogP contribution is -2.44. The molecule has 0 aromatic carbocycles. The highest BCUT2D eigenvalue weighted by Crippen LogP contribution is 2.07. The molecule has 1 unspecified atom stereocenters. The molecule has 6 nitrogen and oxygen atoms in total. The largest absolute Gasteiger partial charge is 0.378 e. The van der Waals surface area contributed by atoms with Crippen LogP contribution < -0.4 is 10.6 Å². The van der Waals surface area contributed by atoms with E-state index in [1.807, 2.05) is 0 Å². The van der Waals surface area contributed by atoms with Crippen LogP contribution in [0.2, 0.25) is 0 Å². The number of nitrogens with zero attached hydrogens (tertiary/aromatic N) is 1. The Balaban J connectivity index is 2.15. The summed E-state index contributed by atoms with van der Waals surface area (Å²) in [4.78, 5) is 24.7. The van der Waals surface area contributed by atoms with Crippen LogP contribution in [0.1, 0.15) is 26.2 Å². The zero-order chi connectivity index (χ0) is 14.3. The zero-order valence-electron chi connectivity index (χ0n) is 12.1. The summed E-state index contributed by atoms with van der Waals surface area (Å²) in [6, 6.07) is -0.485. The molecule has 6 heteroatoms. The highest BCUT2D eigenvalue weighted by Gasteiger charge is 2.18. The van der Waals surface area contributed by atoms with Gasteiger partial charge in [0.2, 0.25) is 11.8 Å². The number of carbonyl (C=O) groups excluding carboxylic acids is 2. The van der Waals surface area contributed by atoms with Crippen molar-refractivity contribution in [1.29, 1.82) is 0 Å². The summed E-state index contributed by atoms with van der Waals surface area (Å²) in [6.45, 7) is 4.06. The van der Waals surface area contributed by atoms with Crippen molar-refractivity contribution in [1.82, 2.24) is 15.5 Å². The van der Waals surface area contributed by atoms with E-state index in [4.69, 9.17) is 4.74 Å². The molecule has 19 heavy (non-hydrogen) atoms. The molecule has 110 valence electrons. The van der Waals surface area contributed by atoms with Gasteiger partial charge in [0.15, 0.2) is 0 Å². The van der Waals surface area contributed by atoms with Crippen molar-refractivity contribution < 1.29 is 14.3 Å². The van der Waals surface area contributed by atoms with E-state index in [-0.39, 0.29) is 17.9 Å². The molecule has 0 bridgehead atoms. The van der Waals surface area contributed by atoms with Gasteiger partial charge in [-0.15, -0.1) is 0 Å². The maximum absolute atomic E-state index is 11.6. The number of ether oxygens (including phenoxy) is 1. The monoisotopic (exact) mass is 271 g/mol. The minimum absolute atomic E-state index is 0.104. The lowest BCUT2D eigenvalue weighted by molar-refractivity contribution is -0.134. The van der Waals surface area contributed by atoms with Crippen LogP contribution in [0, 0.1) is 0 Å². The smallest absolute Gasteiger partial charge is 0.244 e. The normalized spacial score (nSPS) is 17.8. The van der Waals surface area contributed by atoms with Gasteiger partial charge in [-0.3, -0.25) is 9.59 Å². The summed E-state index contributed by atoms with van der Waals surface area (Å²) in [6.07, 6.45) is 2.55. The Labute approximate surface area is 114 Å². The lowest BCUT2D eigenvalue weighted by atomic mass is 10.1. The van der Waals surface area contributed by atoms with Gasteiger partial charge in [0, 0.05) is 20.5 Å². The van der Waals surface area contributed by atoms with Gasteiger partial charge in [0.05, 0.1) is 12.7 Å². The van der Waals surface area contributed by atoms with Gasteiger partial charge in [-0.1, -0.05) is 0 Å². The second-order valence-electron chi connectivity index (χ2n) is 5.09. The van der Waals surface area contributed by atoms with Gasteiger partial charge < -0.3 is 20.3 Å². The fraction of sp³-hybridized carbons (Fsp3) is 0.846. The van der Waals surface area contributed by atoms with E-state index in [9.17, 15) is 9.59 Å². The average Bonchev–Trinajstić information content (AvgIpc) is 2.38. The van der Waals surface area contributed by atoms with E-state index in [1.54, 1.807) is 21.0 Å². The Morgan fingerprint density at radius 3 is 2.58 bits per heavy atom. The van der Waals surface area contributed by atoms with E-state index in [1.165, 1.54) is 4.90 Å². The second kappa shape index (κ2) is 8.12. The number of amides is 2. The molecule has 0 radical (unpaired) electrons. The van der Waals surface area contributed by atoms with Gasteiger partial charge in [0.25, 0.3) is 0 Å². The third-order valence-corrected chi connectivity index (χ3v) is 3.16. The maximum Gasteiger partial charge on any atom is 0.244 e. The quantitative estimate of drug-likeness (QED) is 0.698. The molecular formula is C13H25N3O3. The molecule has 1 heterocycles. The first-order valence-electron chi connectivity index (χ1n) is 6.83. The second-order valence-corrected chi connectivity index (χ2v) is 5.09. The predicted molar refractivity (Wildman–Crippen MR) is 72.8 cm³/mol. The first kappa shape index (κ1) is 15.9. The van der Waals surface area contributed by atoms with Crippen LogP contribution in [-0.4, -0.2) is 62.7 Å². The Kier molecular flexibility index (Phi) is 6.80. The summed E-state index contributed by atoms with van der Waals surface area (Å²) >= 11 is 0. The molecule has 2 N–H and O–H groups in total. The molecule has 1 aliphatic heterocycles. The molecule has 1 saturated heterocycles. The first-order valence-corrected chi connectivity index (χ1v) is 6.83. The third kappa shape index (κ3) is 6.02. The Hall–Kier alpha value is -1.14. The van der Waals surface area contributed by atoms with E-state index in [0.717, 1.165) is 25.9 Å². The summed E-state index contributed by atoms with van der Waals surface area (Å²) in [5.41, 5.74) is 0. The molecule has 1 fully saturated rings. The highest BCUT2D eigenvalue weighted by molar-refractivity contribution is 5.87. The molecule has 0 aromatic rings. The van der Waals surface area contributed by atoms with Crippen molar-refractivity contribution >= 4 is 11.8 Å². The number of likely N-dealkylation sites (N-methyl/N-ethyl adjacent to an activating group) is 1. The van der Waals surface area contributed by atoms with Crippen LogP contribution in [0.3, 0.4) is 0 Å². The number of hydrogen-bond acceptors (Lipinski definition) is 4. The molecule has 0 spiro atoms. The van der Waals surface area contributed by atoms with Crippen molar-refractivity contribution in [2.45, 2.75) is 38.3 Å². The first-order chi connectivity index (χ1) is 9.00. The van der Waals surface area contributed by atoms with Crippen LogP contribution >= 0.6 is 0 Å². The predicted octanol–water partition coefficient (Wildman–Crippen LogP) is -0.262. The summed E-state index contributed by atoms with van der Waals surface area (Å²) in [5.74, 6) is -0.246. The molecule has 0 saturated carbocycles. The van der Waals surface area contributed by atoms with Crippen LogP contribution in [0.15, 0.2) is 0 Å². The van der Waals surface area contributed by atoms with Crippen LogP contribution in [0.4, 0.5) is 0 Å². The van der Waals surface area contributed by atoms with Gasteiger partial charge >= 0.3 is 0 Å². The number of piperidine rings is 1. The fourth-order valence-corrected chi connectivity index (χ4v) is 2.04. The van der Waals surface area contributed by atoms with Crippen molar-refractivity contribution in [2.75, 3.05) is 33.8 Å². The Morgan fingerprint density at radius 2 is 2.00 bits per heavy atom. The van der Waals surface area contributed by atoms with Crippen LogP contribution in [-0.2, 0) is 14.3 Å². The van der Waals surface area contributed by atoms with E-state index >= 15 is 0 Å². The molecule has 0 aromatic heterocycles. The molecule has 1 atom stereocenters. The SMILES string of the molecule is CC(NC(=O)CCOC1CCNCC1)C(=O)N(C)C. The van der Waals surface area contributed by atoms with Crippen molar-refractivity contribution in [2.24, 2.45) is 0 Å². The minimum atomic E-state index is -0.485. The summed E-state index contributed by atoms with van der Waals surface area (Å²) < 4.78 is 5.65. The zero-order valence-corrected chi connectivity index (χ0v) is 12.1. The van der Waals surface area contributed by atoms with Crippen molar-refractivity contribution in [3.8, 4) is 0 Å². The van der Waals surface area contributed by atoms with E-state index in [2.05, 4.69) is 10.6 Å². The van der Waals surface area contributed by atoms with Gasteiger partial charge in [-0.2, -0.15) is 0 Å². The highest BCUT2D eigenvalue weighted by atomic mass is 16.5. The fourth-order valence-electron chi connectivity index (χ4n) is 2.04. The Morgan fingerprint density at radius 1 is 1.37 bits per heavy atom. The van der Waals surface area contributed by atoms with E-state index in [0.29, 0.717) is 13.0 Å². The van der Waals surface area contributed by atoms with Gasteiger partial charge in [-0.05, 0) is 32.9 Å². The maximum atomic E-state index is 11.6. The molecule has 0 aliphatic carbocycles.